The second-order valence-electron chi connectivity index (χ2n) is 2.93. The van der Waals surface area contributed by atoms with Crippen molar-refractivity contribution < 1.29 is 14.6 Å². The third kappa shape index (κ3) is 1.71. The molecule has 0 bridgehead atoms. The number of nitrogens with zero attached hydrogens (tertiary/aromatic N) is 2. The average Bonchev–Trinajstić information content (AvgIpc) is 2.27. The molecule has 2 aromatic rings. The van der Waals surface area contributed by atoms with Gasteiger partial charge >= 0.3 is 5.97 Å². The molecule has 0 fully saturated rings. The fraction of sp³-hybridized carbons (Fsp3) is 0.100. The molecule has 0 amide bonds. The maximum atomic E-state index is 10.7. The summed E-state index contributed by atoms with van der Waals surface area (Å²) in [6.45, 7) is 0. The Hall–Kier alpha value is -2.17. The molecular formula is C10H8N2O3. The Morgan fingerprint density at radius 2 is 2.27 bits per heavy atom. The van der Waals surface area contributed by atoms with E-state index in [2.05, 4.69) is 9.97 Å². The van der Waals surface area contributed by atoms with Crippen molar-refractivity contribution in [3.05, 3.63) is 30.0 Å². The van der Waals surface area contributed by atoms with Crippen LogP contribution >= 0.6 is 0 Å². The summed E-state index contributed by atoms with van der Waals surface area (Å²) in [5.41, 5.74) is 0.619. The monoisotopic (exact) mass is 204 g/mol. The van der Waals surface area contributed by atoms with Crippen molar-refractivity contribution in [1.29, 1.82) is 0 Å². The minimum absolute atomic E-state index is 0.148. The first-order chi connectivity index (χ1) is 7.20. The van der Waals surface area contributed by atoms with Crippen LogP contribution in [0.5, 0.6) is 5.88 Å². The van der Waals surface area contributed by atoms with Crippen molar-refractivity contribution in [3.63, 3.8) is 0 Å². The largest absolute Gasteiger partial charge is 0.481 e. The van der Waals surface area contributed by atoms with E-state index >= 15 is 0 Å². The molecule has 0 atom stereocenters. The maximum absolute atomic E-state index is 10.7. The van der Waals surface area contributed by atoms with Crippen molar-refractivity contribution in [2.75, 3.05) is 7.11 Å². The minimum atomic E-state index is -1.000. The number of hydrogen-bond acceptors (Lipinski definition) is 4. The van der Waals surface area contributed by atoms with Crippen molar-refractivity contribution in [3.8, 4) is 5.88 Å². The summed E-state index contributed by atoms with van der Waals surface area (Å²) < 4.78 is 4.93. The standard InChI is InChI=1S/C10H8N2O3/c1-15-8-3-2-6-4-7(10(13)14)5-11-9(6)12-8/h2-5H,1H3,(H,13,14). The number of hydrogen-bond donors (Lipinski definition) is 1. The van der Waals surface area contributed by atoms with Gasteiger partial charge < -0.3 is 9.84 Å². The summed E-state index contributed by atoms with van der Waals surface area (Å²) in [6.07, 6.45) is 1.27. The zero-order valence-corrected chi connectivity index (χ0v) is 7.97. The number of carboxylic acid groups (broad SMARTS) is 1. The van der Waals surface area contributed by atoms with E-state index in [-0.39, 0.29) is 5.56 Å². The zero-order valence-electron chi connectivity index (χ0n) is 7.97. The van der Waals surface area contributed by atoms with Crippen molar-refractivity contribution >= 4 is 17.0 Å². The third-order valence-corrected chi connectivity index (χ3v) is 1.97. The Morgan fingerprint density at radius 3 is 2.93 bits per heavy atom. The zero-order chi connectivity index (χ0) is 10.8. The topological polar surface area (TPSA) is 72.3 Å². The molecule has 0 saturated carbocycles. The summed E-state index contributed by atoms with van der Waals surface area (Å²) >= 11 is 0. The molecule has 0 spiro atoms. The van der Waals surface area contributed by atoms with Crippen LogP contribution in [0.25, 0.3) is 11.0 Å². The van der Waals surface area contributed by atoms with Crippen LogP contribution in [-0.4, -0.2) is 28.2 Å². The summed E-state index contributed by atoms with van der Waals surface area (Å²) in [6, 6.07) is 4.91. The van der Waals surface area contributed by atoms with Gasteiger partial charge in [-0.15, -0.1) is 0 Å². The lowest BCUT2D eigenvalue weighted by molar-refractivity contribution is 0.0696. The third-order valence-electron chi connectivity index (χ3n) is 1.97. The van der Waals surface area contributed by atoms with Gasteiger partial charge in [-0.3, -0.25) is 0 Å². The number of rotatable bonds is 2. The molecule has 2 heterocycles. The maximum Gasteiger partial charge on any atom is 0.337 e. The number of carbonyl (C=O) groups is 1. The number of methoxy groups -OCH3 is 1. The Balaban J connectivity index is 2.59. The molecule has 5 heteroatoms. The van der Waals surface area contributed by atoms with Crippen molar-refractivity contribution in [1.82, 2.24) is 9.97 Å². The van der Waals surface area contributed by atoms with Crippen molar-refractivity contribution in [2.24, 2.45) is 0 Å². The molecule has 0 saturated heterocycles. The van der Waals surface area contributed by atoms with Gasteiger partial charge in [-0.05, 0) is 12.1 Å². The van der Waals surface area contributed by atoms with E-state index in [0.717, 1.165) is 0 Å². The molecule has 0 aromatic carbocycles. The SMILES string of the molecule is COc1ccc2cc(C(=O)O)cnc2n1. The number of aromatic nitrogens is 2. The summed E-state index contributed by atoms with van der Waals surface area (Å²) in [7, 11) is 1.51. The number of fused-ring (bicyclic) bond motifs is 1. The first-order valence-electron chi connectivity index (χ1n) is 4.25. The van der Waals surface area contributed by atoms with Gasteiger partial charge in [0.05, 0.1) is 12.7 Å². The van der Waals surface area contributed by atoms with Gasteiger partial charge in [-0.25, -0.2) is 9.78 Å². The second kappa shape index (κ2) is 3.53. The van der Waals surface area contributed by atoms with Gasteiger partial charge in [-0.2, -0.15) is 4.98 Å². The molecule has 15 heavy (non-hydrogen) atoms. The van der Waals surface area contributed by atoms with Crippen LogP contribution in [0.1, 0.15) is 10.4 Å². The second-order valence-corrected chi connectivity index (χ2v) is 2.93. The summed E-state index contributed by atoms with van der Waals surface area (Å²) in [5.74, 6) is -0.543. The number of pyridine rings is 2. The van der Waals surface area contributed by atoms with Crippen LogP contribution in [0.15, 0.2) is 24.4 Å². The fourth-order valence-electron chi connectivity index (χ4n) is 1.22. The predicted octanol–water partition coefficient (Wildman–Crippen LogP) is 1.34. The van der Waals surface area contributed by atoms with Crippen LogP contribution in [0.2, 0.25) is 0 Å². The van der Waals surface area contributed by atoms with Gasteiger partial charge in [0, 0.05) is 17.6 Å². The molecule has 0 aliphatic heterocycles. The van der Waals surface area contributed by atoms with Crippen LogP contribution in [0.3, 0.4) is 0 Å². The van der Waals surface area contributed by atoms with E-state index in [1.807, 2.05) is 0 Å². The summed E-state index contributed by atoms with van der Waals surface area (Å²) in [4.78, 5) is 18.7. The first-order valence-corrected chi connectivity index (χ1v) is 4.25. The Bertz CT molecular complexity index is 525. The van der Waals surface area contributed by atoms with Crippen molar-refractivity contribution in [2.45, 2.75) is 0 Å². The smallest absolute Gasteiger partial charge is 0.337 e. The molecule has 2 rings (SSSR count). The van der Waals surface area contributed by atoms with Crippen LogP contribution in [-0.2, 0) is 0 Å². The van der Waals surface area contributed by atoms with E-state index < -0.39 is 5.97 Å². The predicted molar refractivity (Wildman–Crippen MR) is 53.0 cm³/mol. The van der Waals surface area contributed by atoms with E-state index in [4.69, 9.17) is 9.84 Å². The minimum Gasteiger partial charge on any atom is -0.481 e. The van der Waals surface area contributed by atoms with E-state index in [1.165, 1.54) is 19.4 Å². The molecule has 0 aliphatic rings. The molecule has 0 aliphatic carbocycles. The quantitative estimate of drug-likeness (QED) is 0.799. The number of carboxylic acids is 1. The van der Waals surface area contributed by atoms with Gasteiger partial charge in [0.2, 0.25) is 5.88 Å². The fourth-order valence-corrected chi connectivity index (χ4v) is 1.22. The number of aromatic carboxylic acids is 1. The lowest BCUT2D eigenvalue weighted by Gasteiger charge is -2.01. The van der Waals surface area contributed by atoms with Gasteiger partial charge in [0.1, 0.15) is 0 Å². The Kier molecular flexibility index (Phi) is 2.21. The molecule has 0 unspecified atom stereocenters. The normalized spacial score (nSPS) is 10.2. The van der Waals surface area contributed by atoms with E-state index in [0.29, 0.717) is 16.9 Å². The van der Waals surface area contributed by atoms with Gasteiger partial charge in [-0.1, -0.05) is 0 Å². The molecule has 1 N–H and O–H groups in total. The lowest BCUT2D eigenvalue weighted by atomic mass is 10.2. The molecule has 76 valence electrons. The highest BCUT2D eigenvalue weighted by molar-refractivity contribution is 5.91. The Labute approximate surface area is 85.4 Å². The summed E-state index contributed by atoms with van der Waals surface area (Å²) in [5, 5.41) is 9.44. The highest BCUT2D eigenvalue weighted by Gasteiger charge is 2.05. The molecular weight excluding hydrogens is 196 g/mol. The van der Waals surface area contributed by atoms with Crippen LogP contribution in [0, 0.1) is 0 Å². The van der Waals surface area contributed by atoms with Gasteiger partial charge in [0.25, 0.3) is 0 Å². The highest BCUT2D eigenvalue weighted by Crippen LogP contribution is 2.15. The average molecular weight is 204 g/mol. The van der Waals surface area contributed by atoms with E-state index in [1.54, 1.807) is 12.1 Å². The van der Waals surface area contributed by atoms with Crippen LogP contribution in [0.4, 0.5) is 0 Å². The Morgan fingerprint density at radius 1 is 1.47 bits per heavy atom. The molecule has 2 aromatic heterocycles. The van der Waals surface area contributed by atoms with Gasteiger partial charge in [0.15, 0.2) is 5.65 Å². The highest BCUT2D eigenvalue weighted by atomic mass is 16.5. The number of ether oxygens (including phenoxy) is 1. The van der Waals surface area contributed by atoms with E-state index in [9.17, 15) is 4.79 Å². The van der Waals surface area contributed by atoms with Crippen LogP contribution < -0.4 is 4.74 Å². The first kappa shape index (κ1) is 9.39. The molecule has 0 radical (unpaired) electrons. The molecule has 5 nitrogen and oxygen atoms in total. The lowest BCUT2D eigenvalue weighted by Crippen LogP contribution is -1.98.